The normalized spacial score (nSPS) is 11.3. The van der Waals surface area contributed by atoms with Crippen molar-refractivity contribution in [2.24, 2.45) is 0 Å². The SMILES string of the molecule is COc1ccc(CNC(=O)CN(CCc2ccccc2)S(=O)(=O)c2ccc(C)cc2)cc1. The van der Waals surface area contributed by atoms with Crippen LogP contribution in [0.1, 0.15) is 16.7 Å². The van der Waals surface area contributed by atoms with E-state index in [2.05, 4.69) is 5.32 Å². The molecule has 0 saturated carbocycles. The summed E-state index contributed by atoms with van der Waals surface area (Å²) in [5, 5.41) is 2.81. The van der Waals surface area contributed by atoms with Gasteiger partial charge < -0.3 is 10.1 Å². The Morgan fingerprint density at radius 2 is 1.56 bits per heavy atom. The maximum Gasteiger partial charge on any atom is 0.243 e. The average Bonchev–Trinajstić information content (AvgIpc) is 2.81. The molecule has 0 aliphatic rings. The fraction of sp³-hybridized carbons (Fsp3) is 0.240. The van der Waals surface area contributed by atoms with Gasteiger partial charge in [0.1, 0.15) is 5.75 Å². The van der Waals surface area contributed by atoms with E-state index in [1.54, 1.807) is 31.4 Å². The van der Waals surface area contributed by atoms with E-state index in [9.17, 15) is 13.2 Å². The second-order valence-corrected chi connectivity index (χ2v) is 9.45. The second kappa shape index (κ2) is 10.9. The van der Waals surface area contributed by atoms with E-state index >= 15 is 0 Å². The zero-order chi connectivity index (χ0) is 23.0. The quantitative estimate of drug-likeness (QED) is 0.510. The lowest BCUT2D eigenvalue weighted by Crippen LogP contribution is -2.41. The number of hydrogen-bond donors (Lipinski definition) is 1. The van der Waals surface area contributed by atoms with Crippen LogP contribution in [0.25, 0.3) is 0 Å². The van der Waals surface area contributed by atoms with Crippen LogP contribution in [0.4, 0.5) is 0 Å². The molecule has 0 spiro atoms. The van der Waals surface area contributed by atoms with E-state index in [-0.39, 0.29) is 23.9 Å². The summed E-state index contributed by atoms with van der Waals surface area (Å²) in [6.07, 6.45) is 0.512. The van der Waals surface area contributed by atoms with Crippen LogP contribution in [0, 0.1) is 6.92 Å². The van der Waals surface area contributed by atoms with Crippen LogP contribution in [-0.4, -0.2) is 38.8 Å². The van der Waals surface area contributed by atoms with E-state index < -0.39 is 10.0 Å². The summed E-state index contributed by atoms with van der Waals surface area (Å²) < 4.78 is 32.9. The Labute approximate surface area is 189 Å². The number of benzene rings is 3. The number of nitrogens with one attached hydrogen (secondary N) is 1. The highest BCUT2D eigenvalue weighted by atomic mass is 32.2. The first-order valence-electron chi connectivity index (χ1n) is 10.4. The zero-order valence-electron chi connectivity index (χ0n) is 18.3. The Bertz CT molecular complexity index is 1110. The van der Waals surface area contributed by atoms with Crippen LogP contribution >= 0.6 is 0 Å². The Hall–Kier alpha value is -3.16. The maximum atomic E-state index is 13.3. The lowest BCUT2D eigenvalue weighted by atomic mass is 10.1. The average molecular weight is 453 g/mol. The molecule has 0 radical (unpaired) electrons. The molecule has 1 N–H and O–H groups in total. The molecule has 0 unspecified atom stereocenters. The minimum atomic E-state index is -3.82. The van der Waals surface area contributed by atoms with Gasteiger partial charge in [-0.3, -0.25) is 4.79 Å². The first kappa shape index (κ1) is 23.5. The Kier molecular flexibility index (Phi) is 8.03. The first-order valence-corrected chi connectivity index (χ1v) is 11.8. The van der Waals surface area contributed by atoms with Crippen molar-refractivity contribution in [3.63, 3.8) is 0 Å². The lowest BCUT2D eigenvalue weighted by Gasteiger charge is -2.22. The Morgan fingerprint density at radius 1 is 0.906 bits per heavy atom. The molecule has 0 bridgehead atoms. The van der Waals surface area contributed by atoms with Gasteiger partial charge in [-0.05, 0) is 48.7 Å². The summed E-state index contributed by atoms with van der Waals surface area (Å²) in [5.41, 5.74) is 2.88. The summed E-state index contributed by atoms with van der Waals surface area (Å²) in [7, 11) is -2.23. The highest BCUT2D eigenvalue weighted by Gasteiger charge is 2.26. The van der Waals surface area contributed by atoms with Gasteiger partial charge in [-0.2, -0.15) is 4.31 Å². The van der Waals surface area contributed by atoms with Crippen molar-refractivity contribution in [1.29, 1.82) is 0 Å². The number of carbonyl (C=O) groups is 1. The predicted octanol–water partition coefficient (Wildman–Crippen LogP) is 3.55. The van der Waals surface area contributed by atoms with Crippen molar-refractivity contribution in [3.8, 4) is 5.75 Å². The van der Waals surface area contributed by atoms with Gasteiger partial charge in [-0.15, -0.1) is 0 Å². The van der Waals surface area contributed by atoms with Crippen molar-refractivity contribution in [2.45, 2.75) is 24.8 Å². The third-order valence-corrected chi connectivity index (χ3v) is 6.98. The molecule has 0 aromatic heterocycles. The number of ether oxygens (including phenoxy) is 1. The van der Waals surface area contributed by atoms with Gasteiger partial charge in [0, 0.05) is 13.1 Å². The molecular formula is C25H28N2O4S. The van der Waals surface area contributed by atoms with E-state index in [1.807, 2.05) is 61.5 Å². The van der Waals surface area contributed by atoms with Crippen LogP contribution < -0.4 is 10.1 Å². The predicted molar refractivity (Wildman–Crippen MR) is 125 cm³/mol. The van der Waals surface area contributed by atoms with Crippen LogP contribution in [0.2, 0.25) is 0 Å². The maximum absolute atomic E-state index is 13.3. The minimum absolute atomic E-state index is 0.180. The molecular weight excluding hydrogens is 424 g/mol. The summed E-state index contributed by atoms with van der Waals surface area (Å²) in [4.78, 5) is 12.8. The minimum Gasteiger partial charge on any atom is -0.497 e. The molecule has 0 aliphatic heterocycles. The molecule has 3 rings (SSSR count). The van der Waals surface area contributed by atoms with E-state index in [0.29, 0.717) is 13.0 Å². The van der Waals surface area contributed by atoms with E-state index in [0.717, 1.165) is 22.4 Å². The fourth-order valence-electron chi connectivity index (χ4n) is 3.20. The standard InChI is InChI=1S/C25H28N2O4S/c1-20-8-14-24(15-9-20)32(29,30)27(17-16-21-6-4-3-5-7-21)19-25(28)26-18-22-10-12-23(31-2)13-11-22/h3-15H,16-19H2,1-2H3,(H,26,28). The summed E-state index contributed by atoms with van der Waals surface area (Å²) in [5.74, 6) is 0.376. The summed E-state index contributed by atoms with van der Waals surface area (Å²) >= 11 is 0. The number of hydrogen-bond acceptors (Lipinski definition) is 4. The van der Waals surface area contributed by atoms with E-state index in [1.165, 1.54) is 4.31 Å². The van der Waals surface area contributed by atoms with Crippen LogP contribution in [0.5, 0.6) is 5.75 Å². The number of rotatable bonds is 10. The molecule has 0 saturated heterocycles. The second-order valence-electron chi connectivity index (χ2n) is 7.51. The largest absolute Gasteiger partial charge is 0.497 e. The van der Waals surface area contributed by atoms with Gasteiger partial charge in [0.2, 0.25) is 15.9 Å². The molecule has 7 heteroatoms. The molecule has 3 aromatic carbocycles. The van der Waals surface area contributed by atoms with Crippen molar-refractivity contribution in [2.75, 3.05) is 20.2 Å². The number of amides is 1. The van der Waals surface area contributed by atoms with Gasteiger partial charge in [0.15, 0.2) is 0 Å². The first-order chi connectivity index (χ1) is 15.4. The highest BCUT2D eigenvalue weighted by Crippen LogP contribution is 2.17. The summed E-state index contributed by atoms with van der Waals surface area (Å²) in [6, 6.07) is 23.6. The number of sulfonamides is 1. The highest BCUT2D eigenvalue weighted by molar-refractivity contribution is 7.89. The monoisotopic (exact) mass is 452 g/mol. The molecule has 168 valence electrons. The third kappa shape index (κ3) is 6.42. The molecule has 0 aliphatic carbocycles. The van der Waals surface area contributed by atoms with Gasteiger partial charge in [-0.25, -0.2) is 8.42 Å². The molecule has 6 nitrogen and oxygen atoms in total. The van der Waals surface area contributed by atoms with Gasteiger partial charge in [0.05, 0.1) is 18.6 Å². The Balaban J connectivity index is 1.71. The topological polar surface area (TPSA) is 75.7 Å². The van der Waals surface area contributed by atoms with Crippen molar-refractivity contribution in [3.05, 3.63) is 95.6 Å². The van der Waals surface area contributed by atoms with Crippen molar-refractivity contribution in [1.82, 2.24) is 9.62 Å². The lowest BCUT2D eigenvalue weighted by molar-refractivity contribution is -0.121. The van der Waals surface area contributed by atoms with Crippen LogP contribution in [0.3, 0.4) is 0 Å². The van der Waals surface area contributed by atoms with Gasteiger partial charge in [0.25, 0.3) is 0 Å². The molecule has 0 atom stereocenters. The number of methoxy groups -OCH3 is 1. The van der Waals surface area contributed by atoms with Gasteiger partial charge in [-0.1, -0.05) is 60.2 Å². The fourth-order valence-corrected chi connectivity index (χ4v) is 4.60. The zero-order valence-corrected chi connectivity index (χ0v) is 19.1. The van der Waals surface area contributed by atoms with Crippen LogP contribution in [-0.2, 0) is 27.8 Å². The molecule has 0 heterocycles. The van der Waals surface area contributed by atoms with E-state index in [4.69, 9.17) is 4.74 Å². The van der Waals surface area contributed by atoms with Crippen molar-refractivity contribution < 1.29 is 17.9 Å². The third-order valence-electron chi connectivity index (χ3n) is 5.12. The molecule has 3 aromatic rings. The molecule has 1 amide bonds. The number of nitrogens with zero attached hydrogens (tertiary/aromatic N) is 1. The number of carbonyl (C=O) groups excluding carboxylic acids is 1. The number of aryl methyl sites for hydroxylation is 1. The van der Waals surface area contributed by atoms with Crippen molar-refractivity contribution >= 4 is 15.9 Å². The van der Waals surface area contributed by atoms with Crippen LogP contribution in [0.15, 0.2) is 83.8 Å². The smallest absolute Gasteiger partial charge is 0.243 e. The van der Waals surface area contributed by atoms with Gasteiger partial charge >= 0.3 is 0 Å². The molecule has 32 heavy (non-hydrogen) atoms. The Morgan fingerprint density at radius 3 is 2.19 bits per heavy atom. The molecule has 0 fully saturated rings. The summed E-state index contributed by atoms with van der Waals surface area (Å²) in [6.45, 7) is 2.16.